The van der Waals surface area contributed by atoms with Crippen molar-refractivity contribution >= 4 is 40.9 Å². The van der Waals surface area contributed by atoms with Crippen LogP contribution in [-0.4, -0.2) is 32.3 Å². The number of benzene rings is 2. The third-order valence-electron chi connectivity index (χ3n) is 5.24. The van der Waals surface area contributed by atoms with Gasteiger partial charge in [-0.1, -0.05) is 48.5 Å². The van der Waals surface area contributed by atoms with Gasteiger partial charge >= 0.3 is 0 Å². The zero-order valence-electron chi connectivity index (χ0n) is 19.2. The van der Waals surface area contributed by atoms with Crippen LogP contribution in [0.5, 0.6) is 0 Å². The number of hydrogen-bond donors (Lipinski definition) is 2. The average molecular weight is 486 g/mol. The normalized spacial score (nSPS) is 11.8. The molecule has 2 amide bonds. The molecule has 0 fully saturated rings. The Hall–Kier alpha value is -2.84. The lowest BCUT2D eigenvalue weighted by molar-refractivity contribution is -0.113. The van der Waals surface area contributed by atoms with Gasteiger partial charge in [-0.3, -0.25) is 9.59 Å². The van der Waals surface area contributed by atoms with Crippen LogP contribution in [0, 0.1) is 6.92 Å². The Bertz CT molecular complexity index is 1130. The van der Waals surface area contributed by atoms with Crippen molar-refractivity contribution in [3.05, 3.63) is 70.0 Å². The van der Waals surface area contributed by atoms with Gasteiger partial charge in [0.1, 0.15) is 0 Å². The summed E-state index contributed by atoms with van der Waals surface area (Å²) in [5.74, 6) is 0.528. The van der Waals surface area contributed by atoms with Crippen LogP contribution in [0.1, 0.15) is 54.1 Å². The van der Waals surface area contributed by atoms with Crippen molar-refractivity contribution in [1.82, 2.24) is 20.1 Å². The van der Waals surface area contributed by atoms with Gasteiger partial charge in [0.05, 0.1) is 11.8 Å². The molecule has 0 aliphatic heterocycles. The number of anilines is 1. The fourth-order valence-corrected chi connectivity index (χ4v) is 4.41. The van der Waals surface area contributed by atoms with Crippen molar-refractivity contribution in [3.8, 4) is 0 Å². The molecule has 3 rings (SSSR count). The number of nitrogens with zero attached hydrogens (tertiary/aromatic N) is 3. The molecule has 2 aromatic carbocycles. The van der Waals surface area contributed by atoms with Crippen LogP contribution in [0.25, 0.3) is 0 Å². The fraction of sp³-hybridized carbons (Fsp3) is 0.333. The minimum absolute atomic E-state index is 0.0970. The van der Waals surface area contributed by atoms with Crippen molar-refractivity contribution in [3.63, 3.8) is 0 Å². The summed E-state index contributed by atoms with van der Waals surface area (Å²) in [5.41, 5.74) is 3.54. The van der Waals surface area contributed by atoms with Crippen LogP contribution in [0.4, 0.5) is 5.69 Å². The molecule has 9 heteroatoms. The highest BCUT2D eigenvalue weighted by atomic mass is 35.5. The molecule has 0 spiro atoms. The van der Waals surface area contributed by atoms with E-state index in [2.05, 4.69) is 27.8 Å². The zero-order valence-corrected chi connectivity index (χ0v) is 20.8. The minimum atomic E-state index is -0.358. The average Bonchev–Trinajstić information content (AvgIpc) is 3.22. The van der Waals surface area contributed by atoms with E-state index in [9.17, 15) is 9.59 Å². The molecule has 1 aromatic heterocycles. The first-order valence-electron chi connectivity index (χ1n) is 10.8. The first-order valence-corrected chi connectivity index (χ1v) is 12.2. The summed E-state index contributed by atoms with van der Waals surface area (Å²) >= 11 is 7.22. The van der Waals surface area contributed by atoms with Crippen molar-refractivity contribution in [2.75, 3.05) is 11.1 Å². The van der Waals surface area contributed by atoms with Crippen LogP contribution in [0.2, 0.25) is 5.02 Å². The van der Waals surface area contributed by atoms with Gasteiger partial charge in [0, 0.05) is 22.8 Å². The Morgan fingerprint density at radius 3 is 2.52 bits per heavy atom. The smallest absolute Gasteiger partial charge is 0.251 e. The maximum atomic E-state index is 12.6. The molecular weight excluding hydrogens is 458 g/mol. The van der Waals surface area contributed by atoms with Crippen molar-refractivity contribution in [2.24, 2.45) is 0 Å². The summed E-state index contributed by atoms with van der Waals surface area (Å²) in [5, 5.41) is 15.7. The molecule has 0 saturated carbocycles. The summed E-state index contributed by atoms with van der Waals surface area (Å²) in [6, 6.07) is 12.3. The van der Waals surface area contributed by atoms with E-state index in [0.29, 0.717) is 28.1 Å². The predicted octanol–water partition coefficient (Wildman–Crippen LogP) is 5.04. The second-order valence-electron chi connectivity index (χ2n) is 7.59. The number of hydrogen-bond acceptors (Lipinski definition) is 5. The second-order valence-corrected chi connectivity index (χ2v) is 8.97. The monoisotopic (exact) mass is 485 g/mol. The maximum absolute atomic E-state index is 12.6. The van der Waals surface area contributed by atoms with Gasteiger partial charge in [-0.05, 0) is 62.6 Å². The topological polar surface area (TPSA) is 88.9 Å². The third kappa shape index (κ3) is 6.15. The first kappa shape index (κ1) is 24.8. The molecule has 1 heterocycles. The molecule has 2 N–H and O–H groups in total. The number of nitrogens with one attached hydrogen (secondary N) is 2. The van der Waals surface area contributed by atoms with E-state index in [1.165, 1.54) is 11.8 Å². The lowest BCUT2D eigenvalue weighted by Gasteiger charge is -2.15. The van der Waals surface area contributed by atoms with Crippen molar-refractivity contribution in [1.29, 1.82) is 0 Å². The number of thioether (sulfide) groups is 1. The van der Waals surface area contributed by atoms with Crippen LogP contribution < -0.4 is 10.6 Å². The lowest BCUT2D eigenvalue weighted by Crippen LogP contribution is -2.28. The minimum Gasteiger partial charge on any atom is -0.342 e. The summed E-state index contributed by atoms with van der Waals surface area (Å²) in [4.78, 5) is 25.2. The molecule has 0 aliphatic rings. The quantitative estimate of drug-likeness (QED) is 0.414. The first-order chi connectivity index (χ1) is 15.8. The SMILES string of the molecule is CCc1cccc(C)c1NC(=O)CSc1nnc(C(C)NC(=O)c2ccc(Cl)cc2)n1CC. The van der Waals surface area contributed by atoms with E-state index in [0.717, 1.165) is 23.2 Å². The molecule has 7 nitrogen and oxygen atoms in total. The Morgan fingerprint density at radius 2 is 1.85 bits per heavy atom. The van der Waals surface area contributed by atoms with Crippen LogP contribution in [0.3, 0.4) is 0 Å². The van der Waals surface area contributed by atoms with E-state index in [1.54, 1.807) is 24.3 Å². The van der Waals surface area contributed by atoms with Gasteiger partial charge in [-0.25, -0.2) is 0 Å². The fourth-order valence-electron chi connectivity index (χ4n) is 3.48. The summed E-state index contributed by atoms with van der Waals surface area (Å²) in [6.45, 7) is 8.51. The molecule has 174 valence electrons. The van der Waals surface area contributed by atoms with Gasteiger partial charge < -0.3 is 15.2 Å². The van der Waals surface area contributed by atoms with Crippen molar-refractivity contribution in [2.45, 2.75) is 51.9 Å². The van der Waals surface area contributed by atoms with Gasteiger partial charge in [0.2, 0.25) is 5.91 Å². The van der Waals surface area contributed by atoms with Gasteiger partial charge in [-0.15, -0.1) is 10.2 Å². The molecule has 0 radical (unpaired) electrons. The highest BCUT2D eigenvalue weighted by Gasteiger charge is 2.20. The molecule has 1 atom stereocenters. The number of amides is 2. The van der Waals surface area contributed by atoms with Gasteiger partial charge in [0.15, 0.2) is 11.0 Å². The zero-order chi connectivity index (χ0) is 24.0. The van der Waals surface area contributed by atoms with E-state index in [-0.39, 0.29) is 23.6 Å². The predicted molar refractivity (Wildman–Crippen MR) is 133 cm³/mol. The molecular formula is C24H28ClN5O2S. The van der Waals surface area contributed by atoms with Gasteiger partial charge in [0.25, 0.3) is 5.91 Å². The Kier molecular flexibility index (Phi) is 8.52. The molecule has 33 heavy (non-hydrogen) atoms. The maximum Gasteiger partial charge on any atom is 0.251 e. The van der Waals surface area contributed by atoms with Crippen LogP contribution in [0.15, 0.2) is 47.6 Å². The Morgan fingerprint density at radius 1 is 1.12 bits per heavy atom. The largest absolute Gasteiger partial charge is 0.342 e. The number of carbonyl (C=O) groups excluding carboxylic acids is 2. The van der Waals surface area contributed by atoms with Crippen LogP contribution >= 0.6 is 23.4 Å². The summed E-state index contributed by atoms with van der Waals surface area (Å²) in [6.07, 6.45) is 0.845. The van der Waals surface area contributed by atoms with E-state index in [1.807, 2.05) is 43.5 Å². The van der Waals surface area contributed by atoms with Crippen LogP contribution in [-0.2, 0) is 17.8 Å². The molecule has 0 aliphatic carbocycles. The number of aryl methyl sites for hydroxylation is 2. The number of para-hydroxylation sites is 1. The highest BCUT2D eigenvalue weighted by molar-refractivity contribution is 7.99. The number of rotatable bonds is 9. The number of halogens is 1. The lowest BCUT2D eigenvalue weighted by atomic mass is 10.1. The molecule has 1 unspecified atom stereocenters. The Labute approximate surface area is 203 Å². The Balaban J connectivity index is 1.65. The highest BCUT2D eigenvalue weighted by Crippen LogP contribution is 2.24. The van der Waals surface area contributed by atoms with E-state index >= 15 is 0 Å². The number of aromatic nitrogens is 3. The van der Waals surface area contributed by atoms with Crippen molar-refractivity contribution < 1.29 is 9.59 Å². The summed E-state index contributed by atoms with van der Waals surface area (Å²) in [7, 11) is 0. The molecule has 3 aromatic rings. The van der Waals surface area contributed by atoms with Gasteiger partial charge in [-0.2, -0.15) is 0 Å². The van der Waals surface area contributed by atoms with E-state index < -0.39 is 0 Å². The second kappa shape index (κ2) is 11.3. The number of carbonyl (C=O) groups is 2. The summed E-state index contributed by atoms with van der Waals surface area (Å²) < 4.78 is 1.91. The molecule has 0 saturated heterocycles. The standard InChI is InChI=1S/C24H28ClN5O2S/c1-5-17-9-7-8-15(3)21(17)27-20(31)14-33-24-29-28-22(30(24)6-2)16(4)26-23(32)18-10-12-19(25)13-11-18/h7-13,16H,5-6,14H2,1-4H3,(H,26,32)(H,27,31). The molecule has 0 bridgehead atoms. The van der Waals surface area contributed by atoms with E-state index in [4.69, 9.17) is 11.6 Å². The third-order valence-corrected chi connectivity index (χ3v) is 6.46.